The van der Waals surface area contributed by atoms with Gasteiger partial charge in [-0.05, 0) is 26.2 Å². The number of aromatic nitrogens is 1. The van der Waals surface area contributed by atoms with Gasteiger partial charge in [-0.25, -0.2) is 0 Å². The predicted octanol–water partition coefficient (Wildman–Crippen LogP) is 1.70. The molecule has 23 heavy (non-hydrogen) atoms. The quantitative estimate of drug-likeness (QED) is 0.827. The summed E-state index contributed by atoms with van der Waals surface area (Å²) in [4.78, 5) is 14.6. The Morgan fingerprint density at radius 1 is 1.30 bits per heavy atom. The molecular formula is C17H29N3O3. The summed E-state index contributed by atoms with van der Waals surface area (Å²) in [6, 6.07) is 0.363. The van der Waals surface area contributed by atoms with Crippen LogP contribution in [0.25, 0.3) is 0 Å². The Morgan fingerprint density at radius 2 is 2.00 bits per heavy atom. The lowest BCUT2D eigenvalue weighted by molar-refractivity contribution is -0.121. The third-order valence-corrected chi connectivity index (χ3v) is 4.58. The standard InChI is InChI=1S/C17H29N3O3/c1-12(2)16(20-7-9-22-10-8-20)11-18-17(21)6-5-15-13(3)19-23-14(15)4/h12,16H,5-11H2,1-4H3,(H,18,21)/t16-/m0/s1. The molecule has 0 radical (unpaired) electrons. The number of aryl methyl sites for hydroxylation is 2. The molecule has 6 heteroatoms. The molecule has 1 amide bonds. The van der Waals surface area contributed by atoms with Crippen molar-refractivity contribution < 1.29 is 14.1 Å². The van der Waals surface area contributed by atoms with Gasteiger partial charge in [0.25, 0.3) is 0 Å². The monoisotopic (exact) mass is 323 g/mol. The molecule has 1 fully saturated rings. The Kier molecular flexibility index (Phi) is 6.59. The van der Waals surface area contributed by atoms with Crippen LogP contribution in [0.15, 0.2) is 4.52 Å². The molecule has 130 valence electrons. The highest BCUT2D eigenvalue weighted by Gasteiger charge is 2.24. The van der Waals surface area contributed by atoms with Crippen LogP contribution in [-0.2, 0) is 16.0 Å². The summed E-state index contributed by atoms with van der Waals surface area (Å²) in [5.41, 5.74) is 1.93. The van der Waals surface area contributed by atoms with Gasteiger partial charge in [0, 0.05) is 37.7 Å². The third kappa shape index (κ3) is 5.04. The largest absolute Gasteiger partial charge is 0.379 e. The van der Waals surface area contributed by atoms with Crippen molar-refractivity contribution in [1.29, 1.82) is 0 Å². The van der Waals surface area contributed by atoms with E-state index >= 15 is 0 Å². The maximum Gasteiger partial charge on any atom is 0.220 e. The average Bonchev–Trinajstić information content (AvgIpc) is 2.85. The van der Waals surface area contributed by atoms with E-state index in [9.17, 15) is 4.79 Å². The number of nitrogens with one attached hydrogen (secondary N) is 1. The van der Waals surface area contributed by atoms with Gasteiger partial charge < -0.3 is 14.6 Å². The van der Waals surface area contributed by atoms with Crippen molar-refractivity contribution in [3.05, 3.63) is 17.0 Å². The molecule has 1 aliphatic rings. The summed E-state index contributed by atoms with van der Waals surface area (Å²) in [7, 11) is 0. The van der Waals surface area contributed by atoms with Crippen LogP contribution < -0.4 is 5.32 Å². The second kappa shape index (κ2) is 8.45. The Bertz CT molecular complexity index is 488. The van der Waals surface area contributed by atoms with Crippen molar-refractivity contribution in [3.63, 3.8) is 0 Å². The van der Waals surface area contributed by atoms with Gasteiger partial charge in [-0.3, -0.25) is 9.69 Å². The van der Waals surface area contributed by atoms with Gasteiger partial charge in [0.15, 0.2) is 0 Å². The number of ether oxygens (including phenoxy) is 1. The lowest BCUT2D eigenvalue weighted by atomic mass is 10.0. The lowest BCUT2D eigenvalue weighted by Gasteiger charge is -2.36. The smallest absolute Gasteiger partial charge is 0.220 e. The zero-order valence-electron chi connectivity index (χ0n) is 14.7. The van der Waals surface area contributed by atoms with Crippen LogP contribution in [0.4, 0.5) is 0 Å². The minimum atomic E-state index is 0.0870. The van der Waals surface area contributed by atoms with Gasteiger partial charge in [0.05, 0.1) is 18.9 Å². The van der Waals surface area contributed by atoms with Crippen molar-refractivity contribution in [2.45, 2.75) is 46.6 Å². The van der Waals surface area contributed by atoms with Gasteiger partial charge in [-0.1, -0.05) is 19.0 Å². The van der Waals surface area contributed by atoms with E-state index in [-0.39, 0.29) is 5.91 Å². The van der Waals surface area contributed by atoms with E-state index < -0.39 is 0 Å². The summed E-state index contributed by atoms with van der Waals surface area (Å²) < 4.78 is 10.6. The molecule has 1 aromatic rings. The number of amides is 1. The molecule has 0 aliphatic carbocycles. The summed E-state index contributed by atoms with van der Waals surface area (Å²) >= 11 is 0. The predicted molar refractivity (Wildman–Crippen MR) is 88.3 cm³/mol. The molecule has 1 atom stereocenters. The summed E-state index contributed by atoms with van der Waals surface area (Å²) in [6.07, 6.45) is 1.15. The Labute approximate surface area is 138 Å². The summed E-state index contributed by atoms with van der Waals surface area (Å²) in [5.74, 6) is 1.39. The molecule has 0 bridgehead atoms. The van der Waals surface area contributed by atoms with Crippen LogP contribution >= 0.6 is 0 Å². The maximum atomic E-state index is 12.2. The molecule has 1 N–H and O–H groups in total. The number of nitrogens with zero attached hydrogens (tertiary/aromatic N) is 2. The van der Waals surface area contributed by atoms with Gasteiger partial charge in [0.1, 0.15) is 5.76 Å². The molecule has 6 nitrogen and oxygen atoms in total. The topological polar surface area (TPSA) is 67.6 Å². The molecule has 0 spiro atoms. The Balaban J connectivity index is 1.79. The molecular weight excluding hydrogens is 294 g/mol. The first-order valence-electron chi connectivity index (χ1n) is 8.49. The minimum absolute atomic E-state index is 0.0870. The second-order valence-corrected chi connectivity index (χ2v) is 6.57. The summed E-state index contributed by atoms with van der Waals surface area (Å²) in [5, 5.41) is 7.02. The van der Waals surface area contributed by atoms with Crippen molar-refractivity contribution in [1.82, 2.24) is 15.4 Å². The van der Waals surface area contributed by atoms with Crippen LogP contribution in [0, 0.1) is 19.8 Å². The van der Waals surface area contributed by atoms with E-state index in [0.717, 1.165) is 43.3 Å². The SMILES string of the molecule is Cc1noc(C)c1CCC(=O)NC[C@@H](C(C)C)N1CCOCC1. The van der Waals surface area contributed by atoms with Crippen LogP contribution in [0.3, 0.4) is 0 Å². The fourth-order valence-electron chi connectivity index (χ4n) is 3.10. The number of morpholine rings is 1. The van der Waals surface area contributed by atoms with E-state index in [1.165, 1.54) is 0 Å². The number of carbonyl (C=O) groups excluding carboxylic acids is 1. The van der Waals surface area contributed by atoms with Crippen molar-refractivity contribution in [2.24, 2.45) is 5.92 Å². The first kappa shape index (κ1) is 17.9. The fraction of sp³-hybridized carbons (Fsp3) is 0.765. The average molecular weight is 323 g/mol. The van der Waals surface area contributed by atoms with Crippen LogP contribution in [0.2, 0.25) is 0 Å². The van der Waals surface area contributed by atoms with Crippen molar-refractivity contribution in [3.8, 4) is 0 Å². The molecule has 1 aliphatic heterocycles. The van der Waals surface area contributed by atoms with Gasteiger partial charge in [0.2, 0.25) is 5.91 Å². The molecule has 0 aromatic carbocycles. The van der Waals surface area contributed by atoms with Gasteiger partial charge >= 0.3 is 0 Å². The zero-order valence-corrected chi connectivity index (χ0v) is 14.7. The number of rotatable bonds is 7. The highest BCUT2D eigenvalue weighted by molar-refractivity contribution is 5.76. The lowest BCUT2D eigenvalue weighted by Crippen LogP contribution is -2.51. The van der Waals surface area contributed by atoms with Crippen LogP contribution in [0.1, 0.15) is 37.3 Å². The maximum absolute atomic E-state index is 12.2. The number of hydrogen-bond acceptors (Lipinski definition) is 5. The number of hydrogen-bond donors (Lipinski definition) is 1. The molecule has 2 heterocycles. The third-order valence-electron chi connectivity index (χ3n) is 4.58. The van der Waals surface area contributed by atoms with Crippen LogP contribution in [0.5, 0.6) is 0 Å². The molecule has 2 rings (SSSR count). The van der Waals surface area contributed by atoms with Crippen LogP contribution in [-0.4, -0.2) is 54.9 Å². The zero-order chi connectivity index (χ0) is 16.8. The Hall–Kier alpha value is -1.40. The van der Waals surface area contributed by atoms with E-state index in [0.29, 0.717) is 31.3 Å². The van der Waals surface area contributed by atoms with E-state index in [4.69, 9.17) is 9.26 Å². The highest BCUT2D eigenvalue weighted by atomic mass is 16.5. The molecule has 1 aromatic heterocycles. The Morgan fingerprint density at radius 3 is 2.57 bits per heavy atom. The molecule has 1 saturated heterocycles. The molecule has 0 unspecified atom stereocenters. The first-order valence-corrected chi connectivity index (χ1v) is 8.49. The molecule has 0 saturated carbocycles. The normalized spacial score (nSPS) is 17.4. The van der Waals surface area contributed by atoms with Gasteiger partial charge in [-0.15, -0.1) is 0 Å². The highest BCUT2D eigenvalue weighted by Crippen LogP contribution is 2.15. The first-order chi connectivity index (χ1) is 11.0. The number of carbonyl (C=O) groups is 1. The van der Waals surface area contributed by atoms with E-state index in [2.05, 4.69) is 29.2 Å². The summed E-state index contributed by atoms with van der Waals surface area (Å²) in [6.45, 7) is 12.4. The van der Waals surface area contributed by atoms with Gasteiger partial charge in [-0.2, -0.15) is 0 Å². The van der Waals surface area contributed by atoms with Crippen molar-refractivity contribution >= 4 is 5.91 Å². The van der Waals surface area contributed by atoms with Crippen molar-refractivity contribution in [2.75, 3.05) is 32.8 Å². The second-order valence-electron chi connectivity index (χ2n) is 6.57. The van der Waals surface area contributed by atoms with E-state index in [1.54, 1.807) is 0 Å². The van der Waals surface area contributed by atoms with E-state index in [1.807, 2.05) is 13.8 Å². The fourth-order valence-corrected chi connectivity index (χ4v) is 3.10. The minimum Gasteiger partial charge on any atom is -0.379 e.